The van der Waals surface area contributed by atoms with E-state index in [1.165, 1.54) is 0 Å². The minimum atomic E-state index is -0.723. The maximum Gasteiger partial charge on any atom is 0.322 e. The summed E-state index contributed by atoms with van der Waals surface area (Å²) in [5.41, 5.74) is 0. The van der Waals surface area contributed by atoms with Crippen molar-refractivity contribution < 1.29 is 15.0 Å². The summed E-state index contributed by atoms with van der Waals surface area (Å²) in [6.45, 7) is -0.0787. The standard InChI is InChI=1S/C4H5N2O3/c7-2-1-5-4(9)6-3(2)8/h7H,1H2,(H2,5,6,9). The van der Waals surface area contributed by atoms with E-state index in [1.54, 1.807) is 0 Å². The van der Waals surface area contributed by atoms with Crippen LogP contribution in [-0.4, -0.2) is 17.7 Å². The molecule has 1 heterocycles. The molecule has 0 aliphatic carbocycles. The second-order valence-electron chi connectivity index (χ2n) is 1.58. The van der Waals surface area contributed by atoms with E-state index in [0.717, 1.165) is 0 Å². The van der Waals surface area contributed by atoms with Crippen molar-refractivity contribution >= 4 is 6.03 Å². The fourth-order valence-corrected chi connectivity index (χ4v) is 0.464. The molecule has 5 heteroatoms. The highest BCUT2D eigenvalue weighted by Gasteiger charge is 2.15. The molecule has 0 aromatic heterocycles. The minimum absolute atomic E-state index is 0.0787. The highest BCUT2D eigenvalue weighted by Crippen LogP contribution is 1.96. The summed E-state index contributed by atoms with van der Waals surface area (Å²) in [5.74, 6) is -1.09. The Kier molecular flexibility index (Phi) is 1.18. The van der Waals surface area contributed by atoms with Gasteiger partial charge >= 0.3 is 6.03 Å². The number of hydrogen-bond donors (Lipinski definition) is 3. The molecule has 9 heavy (non-hydrogen) atoms. The van der Waals surface area contributed by atoms with Gasteiger partial charge in [-0.15, -0.1) is 0 Å². The number of aliphatic hydroxyl groups is 1. The quantitative estimate of drug-likeness (QED) is 0.410. The molecule has 1 aliphatic rings. The molecular weight excluding hydrogens is 124 g/mol. The van der Waals surface area contributed by atoms with Gasteiger partial charge in [-0.2, -0.15) is 0 Å². The lowest BCUT2D eigenvalue weighted by Gasteiger charge is -2.10. The van der Waals surface area contributed by atoms with Gasteiger partial charge in [0.25, 0.3) is 5.88 Å². The van der Waals surface area contributed by atoms with E-state index in [4.69, 9.17) is 5.11 Å². The normalized spacial score (nSPS) is 18.9. The molecule has 3 N–H and O–H groups in total. The molecule has 0 saturated heterocycles. The SMILES string of the molecule is [O]C1=C(O)CNC(=O)N1. The smallest absolute Gasteiger partial charge is 0.322 e. The Morgan fingerprint density at radius 1 is 1.56 bits per heavy atom. The van der Waals surface area contributed by atoms with Crippen molar-refractivity contribution in [2.45, 2.75) is 0 Å². The van der Waals surface area contributed by atoms with Crippen LogP contribution in [0.1, 0.15) is 0 Å². The van der Waals surface area contributed by atoms with Gasteiger partial charge in [-0.05, 0) is 0 Å². The van der Waals surface area contributed by atoms with Crippen molar-refractivity contribution in [3.63, 3.8) is 0 Å². The van der Waals surface area contributed by atoms with Crippen LogP contribution < -0.4 is 10.6 Å². The van der Waals surface area contributed by atoms with Crippen LogP contribution in [0.15, 0.2) is 11.6 Å². The van der Waals surface area contributed by atoms with Gasteiger partial charge in [0.15, 0.2) is 5.76 Å². The molecule has 0 atom stereocenters. The van der Waals surface area contributed by atoms with E-state index in [2.05, 4.69) is 5.32 Å². The zero-order valence-corrected chi connectivity index (χ0v) is 4.47. The molecule has 0 fully saturated rings. The summed E-state index contributed by atoms with van der Waals surface area (Å²) in [7, 11) is 0. The van der Waals surface area contributed by atoms with Crippen LogP contribution in [0, 0.1) is 0 Å². The molecule has 0 spiro atoms. The zero-order chi connectivity index (χ0) is 6.85. The third kappa shape index (κ3) is 1.04. The first kappa shape index (κ1) is 5.74. The van der Waals surface area contributed by atoms with Gasteiger partial charge in [0.2, 0.25) is 0 Å². The number of carbonyl (C=O) groups is 1. The van der Waals surface area contributed by atoms with Crippen LogP contribution in [0.25, 0.3) is 0 Å². The molecule has 0 aromatic carbocycles. The summed E-state index contributed by atoms with van der Waals surface area (Å²) in [5, 5.41) is 23.0. The van der Waals surface area contributed by atoms with Crippen LogP contribution in [0.2, 0.25) is 0 Å². The van der Waals surface area contributed by atoms with Gasteiger partial charge in [0.1, 0.15) is 0 Å². The summed E-state index contributed by atoms with van der Waals surface area (Å²) < 4.78 is 0. The average molecular weight is 129 g/mol. The maximum absolute atomic E-state index is 10.3. The van der Waals surface area contributed by atoms with E-state index in [9.17, 15) is 9.90 Å². The van der Waals surface area contributed by atoms with E-state index >= 15 is 0 Å². The molecule has 0 aromatic rings. The molecule has 1 radical (unpaired) electrons. The number of carbonyl (C=O) groups excluding carboxylic acids is 1. The van der Waals surface area contributed by atoms with E-state index in [1.807, 2.05) is 5.32 Å². The molecule has 5 nitrogen and oxygen atoms in total. The van der Waals surface area contributed by atoms with E-state index in [-0.39, 0.29) is 12.3 Å². The van der Waals surface area contributed by atoms with Gasteiger partial charge < -0.3 is 10.4 Å². The number of amides is 2. The second kappa shape index (κ2) is 1.85. The third-order valence-corrected chi connectivity index (χ3v) is 0.906. The van der Waals surface area contributed by atoms with Gasteiger partial charge in [-0.3, -0.25) is 10.4 Å². The molecule has 49 valence electrons. The first-order valence-corrected chi connectivity index (χ1v) is 2.34. The Morgan fingerprint density at radius 2 is 2.22 bits per heavy atom. The number of rotatable bonds is 0. The van der Waals surface area contributed by atoms with E-state index < -0.39 is 11.9 Å². The Morgan fingerprint density at radius 3 is 2.67 bits per heavy atom. The molecule has 0 unspecified atom stereocenters. The predicted octanol–water partition coefficient (Wildman–Crippen LogP) is -0.543. The summed E-state index contributed by atoms with van der Waals surface area (Å²) in [6.07, 6.45) is 0. The average Bonchev–Trinajstić information content (AvgIpc) is 1.80. The van der Waals surface area contributed by atoms with Crippen molar-refractivity contribution in [3.05, 3.63) is 11.6 Å². The molecule has 0 saturated carbocycles. The lowest BCUT2D eigenvalue weighted by atomic mass is 10.4. The summed E-state index contributed by atoms with van der Waals surface area (Å²) in [6, 6.07) is -0.571. The number of aliphatic hydroxyl groups excluding tert-OH is 1. The molecule has 1 rings (SSSR count). The largest absolute Gasteiger partial charge is 0.505 e. The van der Waals surface area contributed by atoms with Crippen molar-refractivity contribution in [2.24, 2.45) is 0 Å². The van der Waals surface area contributed by atoms with Crippen molar-refractivity contribution in [1.29, 1.82) is 0 Å². The van der Waals surface area contributed by atoms with Crippen LogP contribution in [-0.2, 0) is 5.11 Å². The van der Waals surface area contributed by atoms with Crippen molar-refractivity contribution in [1.82, 2.24) is 10.6 Å². The van der Waals surface area contributed by atoms with Crippen LogP contribution >= 0.6 is 0 Å². The highest BCUT2D eigenvalue weighted by molar-refractivity contribution is 5.76. The lowest BCUT2D eigenvalue weighted by Crippen LogP contribution is -2.41. The molecular formula is C4H5N2O3. The Bertz CT molecular complexity index is 175. The summed E-state index contributed by atoms with van der Waals surface area (Å²) in [4.78, 5) is 10.3. The van der Waals surface area contributed by atoms with Crippen LogP contribution in [0.3, 0.4) is 0 Å². The Labute approximate surface area is 51.0 Å². The highest BCUT2D eigenvalue weighted by atomic mass is 16.3. The fourth-order valence-electron chi connectivity index (χ4n) is 0.464. The number of nitrogens with one attached hydrogen (secondary N) is 2. The number of urea groups is 1. The van der Waals surface area contributed by atoms with Gasteiger partial charge in [-0.25, -0.2) is 4.79 Å². The van der Waals surface area contributed by atoms with Crippen LogP contribution in [0.4, 0.5) is 4.79 Å². The van der Waals surface area contributed by atoms with Crippen molar-refractivity contribution in [3.8, 4) is 0 Å². The summed E-state index contributed by atoms with van der Waals surface area (Å²) >= 11 is 0. The van der Waals surface area contributed by atoms with Gasteiger partial charge in [0, 0.05) is 0 Å². The molecule has 1 aliphatic heterocycles. The predicted molar refractivity (Wildman–Crippen MR) is 26.9 cm³/mol. The Hall–Kier alpha value is -1.39. The fraction of sp³-hybridized carbons (Fsp3) is 0.250. The maximum atomic E-state index is 10.3. The second-order valence-corrected chi connectivity index (χ2v) is 1.58. The van der Waals surface area contributed by atoms with Crippen LogP contribution in [0.5, 0.6) is 0 Å². The van der Waals surface area contributed by atoms with Gasteiger partial charge in [0.05, 0.1) is 6.54 Å². The lowest BCUT2D eigenvalue weighted by molar-refractivity contribution is 0.194. The van der Waals surface area contributed by atoms with Gasteiger partial charge in [-0.1, -0.05) is 0 Å². The topological polar surface area (TPSA) is 81.3 Å². The van der Waals surface area contributed by atoms with Crippen molar-refractivity contribution in [2.75, 3.05) is 6.54 Å². The number of hydrogen-bond acceptors (Lipinski definition) is 2. The van der Waals surface area contributed by atoms with E-state index in [0.29, 0.717) is 0 Å². The first-order chi connectivity index (χ1) is 4.20. The molecule has 2 amide bonds. The zero-order valence-electron chi connectivity index (χ0n) is 4.47. The molecule has 0 bridgehead atoms. The first-order valence-electron chi connectivity index (χ1n) is 2.34. The Balaban J connectivity index is 2.72. The minimum Gasteiger partial charge on any atom is -0.505 e. The monoisotopic (exact) mass is 129 g/mol. The third-order valence-electron chi connectivity index (χ3n) is 0.906.